The van der Waals surface area contributed by atoms with Gasteiger partial charge in [-0.05, 0) is 24.3 Å². The Bertz CT molecular complexity index is 813. The number of nitrogens with one attached hydrogen (secondary N) is 1. The van der Waals surface area contributed by atoms with Gasteiger partial charge in [0.15, 0.2) is 11.7 Å². The normalized spacial score (nSPS) is 20.8. The van der Waals surface area contributed by atoms with Gasteiger partial charge in [-0.3, -0.25) is 4.99 Å². The number of rotatable bonds is 5. The first kappa shape index (κ1) is 21.8. The smallest absolute Gasteiger partial charge is 0.193 e. The third kappa shape index (κ3) is 6.05. The van der Waals surface area contributed by atoms with E-state index in [1.165, 1.54) is 0 Å². The molecule has 0 aromatic heterocycles. The summed E-state index contributed by atoms with van der Waals surface area (Å²) in [5, 5.41) is 3.09. The molecule has 1 spiro atoms. The first-order valence-corrected chi connectivity index (χ1v) is 9.50. The Hall–Kier alpha value is -1.88. The lowest BCUT2D eigenvalue weighted by Gasteiger charge is -2.31. The maximum absolute atomic E-state index is 6.06. The molecule has 2 fully saturated rings. The van der Waals surface area contributed by atoms with E-state index in [1.54, 1.807) is 0 Å². The Kier molecular flexibility index (Phi) is 7.70. The summed E-state index contributed by atoms with van der Waals surface area (Å²) in [7, 11) is 0. The topological polar surface area (TPSA) is 87.3 Å². The Morgan fingerprint density at radius 3 is 2.66 bits per heavy atom. The number of hydrogen-bond donors (Lipinski definition) is 2. The van der Waals surface area contributed by atoms with E-state index < -0.39 is 5.79 Å². The van der Waals surface area contributed by atoms with Gasteiger partial charge in [0.25, 0.3) is 0 Å². The maximum Gasteiger partial charge on any atom is 0.193 e. The SMILES string of the molecule is I.NC(=NCC1COC2(CCOCC2)O1)Nc1cccc(Oc2ccccc2)c1. The van der Waals surface area contributed by atoms with Crippen molar-refractivity contribution in [1.82, 2.24) is 0 Å². The minimum Gasteiger partial charge on any atom is -0.457 e. The number of nitrogens with two attached hydrogens (primary N) is 1. The molecule has 2 aliphatic rings. The predicted molar refractivity (Wildman–Crippen MR) is 122 cm³/mol. The van der Waals surface area contributed by atoms with Gasteiger partial charge in [-0.2, -0.15) is 0 Å². The summed E-state index contributed by atoms with van der Waals surface area (Å²) in [4.78, 5) is 4.40. The van der Waals surface area contributed by atoms with E-state index in [9.17, 15) is 0 Å². The van der Waals surface area contributed by atoms with Crippen LogP contribution in [0.15, 0.2) is 59.6 Å². The summed E-state index contributed by atoms with van der Waals surface area (Å²) < 4.78 is 23.1. The third-order valence-electron chi connectivity index (χ3n) is 4.72. The summed E-state index contributed by atoms with van der Waals surface area (Å²) in [6, 6.07) is 17.2. The van der Waals surface area contributed by atoms with E-state index in [-0.39, 0.29) is 30.1 Å². The van der Waals surface area contributed by atoms with E-state index in [0.29, 0.717) is 32.3 Å². The number of anilines is 1. The van der Waals surface area contributed by atoms with Gasteiger partial charge in [0.05, 0.1) is 26.4 Å². The third-order valence-corrected chi connectivity index (χ3v) is 4.72. The van der Waals surface area contributed by atoms with E-state index in [2.05, 4.69) is 10.3 Å². The van der Waals surface area contributed by atoms with Crippen molar-refractivity contribution in [3.05, 3.63) is 54.6 Å². The van der Waals surface area contributed by atoms with Gasteiger partial charge in [-0.25, -0.2) is 0 Å². The highest BCUT2D eigenvalue weighted by molar-refractivity contribution is 14.0. The second-order valence-corrected chi connectivity index (χ2v) is 6.87. The zero-order chi connectivity index (χ0) is 19.2. The van der Waals surface area contributed by atoms with Crippen LogP contribution in [-0.2, 0) is 14.2 Å². The molecule has 2 heterocycles. The maximum atomic E-state index is 6.06. The zero-order valence-electron chi connectivity index (χ0n) is 16.1. The van der Waals surface area contributed by atoms with E-state index in [1.807, 2.05) is 54.6 Å². The summed E-state index contributed by atoms with van der Waals surface area (Å²) in [6.07, 6.45) is 1.43. The molecule has 29 heavy (non-hydrogen) atoms. The molecular weight excluding hydrogens is 485 g/mol. The highest BCUT2D eigenvalue weighted by Crippen LogP contribution is 2.33. The van der Waals surface area contributed by atoms with Gasteiger partial charge in [0.1, 0.15) is 17.6 Å². The molecule has 156 valence electrons. The molecule has 3 N–H and O–H groups in total. The Morgan fingerprint density at radius 2 is 1.86 bits per heavy atom. The van der Waals surface area contributed by atoms with Gasteiger partial charge in [0.2, 0.25) is 0 Å². The average Bonchev–Trinajstić information content (AvgIpc) is 3.10. The fraction of sp³-hybridized carbons (Fsp3) is 0.381. The van der Waals surface area contributed by atoms with Crippen molar-refractivity contribution < 1.29 is 18.9 Å². The number of halogens is 1. The molecule has 4 rings (SSSR count). The van der Waals surface area contributed by atoms with Crippen LogP contribution in [0.5, 0.6) is 11.5 Å². The number of para-hydroxylation sites is 1. The molecule has 0 aliphatic carbocycles. The van der Waals surface area contributed by atoms with Crippen molar-refractivity contribution in [2.75, 3.05) is 31.7 Å². The van der Waals surface area contributed by atoms with Crippen molar-refractivity contribution in [2.45, 2.75) is 24.7 Å². The number of aliphatic imine (C=N–C) groups is 1. The van der Waals surface area contributed by atoms with Gasteiger partial charge in [-0.1, -0.05) is 24.3 Å². The summed E-state index contributed by atoms with van der Waals surface area (Å²) in [5.41, 5.74) is 6.84. The lowest BCUT2D eigenvalue weighted by atomic mass is 10.1. The van der Waals surface area contributed by atoms with Gasteiger partial charge < -0.3 is 30.0 Å². The first-order chi connectivity index (χ1) is 13.7. The molecule has 0 bridgehead atoms. The molecule has 2 saturated heterocycles. The van der Waals surface area contributed by atoms with Crippen LogP contribution in [0.1, 0.15) is 12.8 Å². The number of nitrogens with zero attached hydrogens (tertiary/aromatic N) is 1. The standard InChI is InChI=1S/C21H25N3O4.HI/c22-20(23-14-19-15-26-21(28-19)9-11-25-12-10-21)24-16-5-4-8-18(13-16)27-17-6-2-1-3-7-17;/h1-8,13,19H,9-12,14-15H2,(H3,22,23,24);1H. The van der Waals surface area contributed by atoms with Crippen LogP contribution < -0.4 is 15.8 Å². The molecule has 0 saturated carbocycles. The lowest BCUT2D eigenvalue weighted by molar-refractivity contribution is -0.210. The van der Waals surface area contributed by atoms with Crippen molar-refractivity contribution in [1.29, 1.82) is 0 Å². The lowest BCUT2D eigenvalue weighted by Crippen LogP contribution is -2.38. The van der Waals surface area contributed by atoms with Crippen molar-refractivity contribution in [3.8, 4) is 11.5 Å². The van der Waals surface area contributed by atoms with Crippen LogP contribution in [-0.4, -0.2) is 44.2 Å². The fourth-order valence-corrected chi connectivity index (χ4v) is 3.30. The second-order valence-electron chi connectivity index (χ2n) is 6.87. The van der Waals surface area contributed by atoms with Gasteiger partial charge >= 0.3 is 0 Å². The minimum atomic E-state index is -0.496. The summed E-state index contributed by atoms with van der Waals surface area (Å²) in [5.74, 6) is 1.33. The van der Waals surface area contributed by atoms with Crippen LogP contribution in [0.25, 0.3) is 0 Å². The molecule has 1 atom stereocenters. The summed E-state index contributed by atoms with van der Waals surface area (Å²) >= 11 is 0. The molecular formula is C21H26IN3O4. The second kappa shape index (κ2) is 10.2. The zero-order valence-corrected chi connectivity index (χ0v) is 18.4. The van der Waals surface area contributed by atoms with Crippen LogP contribution in [0.4, 0.5) is 5.69 Å². The van der Waals surface area contributed by atoms with Crippen LogP contribution in [0, 0.1) is 0 Å². The van der Waals surface area contributed by atoms with Crippen molar-refractivity contribution in [3.63, 3.8) is 0 Å². The predicted octanol–water partition coefficient (Wildman–Crippen LogP) is 3.75. The van der Waals surface area contributed by atoms with E-state index in [4.69, 9.17) is 24.7 Å². The Morgan fingerprint density at radius 1 is 1.10 bits per heavy atom. The molecule has 2 aromatic rings. The van der Waals surface area contributed by atoms with Gasteiger partial charge in [0, 0.05) is 24.6 Å². The average molecular weight is 511 g/mol. The molecule has 0 amide bonds. The van der Waals surface area contributed by atoms with E-state index in [0.717, 1.165) is 30.0 Å². The summed E-state index contributed by atoms with van der Waals surface area (Å²) in [6.45, 7) is 2.31. The molecule has 2 aliphatic heterocycles. The quantitative estimate of drug-likeness (QED) is 0.362. The molecule has 7 nitrogen and oxygen atoms in total. The number of guanidine groups is 1. The van der Waals surface area contributed by atoms with Crippen LogP contribution in [0.3, 0.4) is 0 Å². The van der Waals surface area contributed by atoms with Gasteiger partial charge in [-0.15, -0.1) is 24.0 Å². The Balaban J connectivity index is 0.00000240. The fourth-order valence-electron chi connectivity index (χ4n) is 3.30. The van der Waals surface area contributed by atoms with E-state index >= 15 is 0 Å². The molecule has 1 unspecified atom stereocenters. The largest absolute Gasteiger partial charge is 0.457 e. The molecule has 8 heteroatoms. The highest BCUT2D eigenvalue weighted by Gasteiger charge is 2.42. The van der Waals surface area contributed by atoms with Crippen LogP contribution >= 0.6 is 24.0 Å². The molecule has 0 radical (unpaired) electrons. The molecule has 2 aromatic carbocycles. The number of benzene rings is 2. The minimum absolute atomic E-state index is 0. The first-order valence-electron chi connectivity index (χ1n) is 9.50. The number of hydrogen-bond acceptors (Lipinski definition) is 5. The Labute approximate surface area is 187 Å². The highest BCUT2D eigenvalue weighted by atomic mass is 127. The van der Waals surface area contributed by atoms with Crippen molar-refractivity contribution in [2.24, 2.45) is 10.7 Å². The monoisotopic (exact) mass is 511 g/mol. The number of ether oxygens (including phenoxy) is 4. The van der Waals surface area contributed by atoms with Crippen LogP contribution in [0.2, 0.25) is 0 Å². The van der Waals surface area contributed by atoms with Crippen molar-refractivity contribution >= 4 is 35.6 Å².